The van der Waals surface area contributed by atoms with Gasteiger partial charge in [0, 0.05) is 6.42 Å². The minimum Gasteiger partial charge on any atom is -0.394 e. The molecule has 7 aliphatic rings. The number of hydrogen-bond donors (Lipinski definition) is 8. The van der Waals surface area contributed by atoms with E-state index in [1.807, 2.05) is 0 Å². The summed E-state index contributed by atoms with van der Waals surface area (Å²) in [6.07, 6.45) is -4.90. The minimum absolute atomic E-state index is 0.0243. The molecule has 4 aliphatic carbocycles. The summed E-state index contributed by atoms with van der Waals surface area (Å²) in [6.45, 7) is 17.1. The van der Waals surface area contributed by atoms with Gasteiger partial charge >= 0.3 is 0 Å². The van der Waals surface area contributed by atoms with Gasteiger partial charge in [0.05, 0.1) is 37.1 Å². The van der Waals surface area contributed by atoms with Crippen molar-refractivity contribution >= 4 is 0 Å². The van der Waals surface area contributed by atoms with Crippen LogP contribution < -0.4 is 0 Å². The average molecular weight is 783 g/mol. The van der Waals surface area contributed by atoms with E-state index in [1.54, 1.807) is 0 Å². The molecule has 3 saturated heterocycles. The number of aliphatic hydroxyl groups is 8. The average Bonchev–Trinajstić information content (AvgIpc) is 3.42. The van der Waals surface area contributed by atoms with Crippen LogP contribution in [0.5, 0.6) is 0 Å². The second-order valence-electron chi connectivity index (χ2n) is 20.3. The highest BCUT2D eigenvalue weighted by Gasteiger charge is 2.73. The molecule has 8 N–H and O–H groups in total. The molecule has 0 aromatic heterocycles. The molecular weight excluding hydrogens is 712 g/mol. The van der Waals surface area contributed by atoms with Crippen molar-refractivity contribution in [2.24, 2.45) is 45.3 Å². The van der Waals surface area contributed by atoms with Gasteiger partial charge in [-0.05, 0) is 111 Å². The summed E-state index contributed by atoms with van der Waals surface area (Å²) in [7, 11) is 0. The molecule has 0 aromatic rings. The predicted molar refractivity (Wildman–Crippen MR) is 199 cm³/mol. The summed E-state index contributed by atoms with van der Waals surface area (Å²) in [4.78, 5) is 0. The lowest BCUT2D eigenvalue weighted by Gasteiger charge is -2.72. The molecule has 7 rings (SSSR count). The summed E-state index contributed by atoms with van der Waals surface area (Å²) in [5.41, 5.74) is -0.175. The van der Waals surface area contributed by atoms with Crippen molar-refractivity contribution in [3.05, 3.63) is 11.6 Å². The van der Waals surface area contributed by atoms with Crippen LogP contribution in [0.2, 0.25) is 0 Å². The zero-order valence-corrected chi connectivity index (χ0v) is 34.1. The van der Waals surface area contributed by atoms with Crippen LogP contribution in [-0.4, -0.2) is 139 Å². The molecule has 13 heteroatoms. The largest absolute Gasteiger partial charge is 0.394 e. The van der Waals surface area contributed by atoms with Crippen LogP contribution in [0.15, 0.2) is 11.6 Å². The first-order valence-corrected chi connectivity index (χ1v) is 20.9. The molecule has 0 bridgehead atoms. The fourth-order valence-electron chi connectivity index (χ4n) is 13.7. The molecule has 3 aliphatic heterocycles. The van der Waals surface area contributed by atoms with E-state index in [4.69, 9.17) is 23.7 Å². The second-order valence-corrected chi connectivity index (χ2v) is 20.3. The van der Waals surface area contributed by atoms with Gasteiger partial charge in [0.25, 0.3) is 0 Å². The smallest absolute Gasteiger partial charge is 0.187 e. The van der Waals surface area contributed by atoms with Gasteiger partial charge in [-0.1, -0.05) is 46.3 Å². The number of rotatable bonds is 7. The molecule has 0 amide bonds. The Bertz CT molecular complexity index is 1420. The first-order valence-electron chi connectivity index (χ1n) is 20.9. The lowest BCUT2D eigenvalue weighted by molar-refractivity contribution is -0.355. The number of aliphatic hydroxyl groups excluding tert-OH is 8. The van der Waals surface area contributed by atoms with Gasteiger partial charge in [0.15, 0.2) is 12.6 Å². The van der Waals surface area contributed by atoms with Crippen molar-refractivity contribution < 1.29 is 64.5 Å². The maximum Gasteiger partial charge on any atom is 0.187 e. The van der Waals surface area contributed by atoms with Crippen LogP contribution >= 0.6 is 0 Å². The Balaban J connectivity index is 1.18. The minimum atomic E-state index is -1.51. The maximum absolute atomic E-state index is 11.0. The van der Waals surface area contributed by atoms with Crippen LogP contribution in [0.3, 0.4) is 0 Å². The Kier molecular flexibility index (Phi) is 11.4. The Morgan fingerprint density at radius 3 is 1.84 bits per heavy atom. The highest BCUT2D eigenvalue weighted by atomic mass is 16.7. The van der Waals surface area contributed by atoms with E-state index in [0.717, 1.165) is 44.1 Å². The summed E-state index contributed by atoms with van der Waals surface area (Å²) in [5, 5.41) is 83.7. The monoisotopic (exact) mass is 782 g/mol. The lowest BCUT2D eigenvalue weighted by Crippen LogP contribution is -2.69. The topological polar surface area (TPSA) is 208 Å². The van der Waals surface area contributed by atoms with Crippen molar-refractivity contribution in [2.45, 2.75) is 192 Å². The zero-order chi connectivity index (χ0) is 40.2. The van der Waals surface area contributed by atoms with E-state index in [-0.39, 0.29) is 57.7 Å². The van der Waals surface area contributed by atoms with E-state index >= 15 is 0 Å². The highest BCUT2D eigenvalue weighted by Crippen LogP contribution is 2.77. The molecule has 55 heavy (non-hydrogen) atoms. The first kappa shape index (κ1) is 42.3. The van der Waals surface area contributed by atoms with Crippen LogP contribution in [0.4, 0.5) is 0 Å². The Morgan fingerprint density at radius 2 is 1.24 bits per heavy atom. The molecule has 3 heterocycles. The summed E-state index contributed by atoms with van der Waals surface area (Å²) < 4.78 is 32.4. The van der Waals surface area contributed by atoms with Gasteiger partial charge in [-0.3, -0.25) is 0 Å². The van der Waals surface area contributed by atoms with Crippen molar-refractivity contribution in [1.82, 2.24) is 0 Å². The molecule has 4 saturated carbocycles. The van der Waals surface area contributed by atoms with Crippen LogP contribution in [0, 0.1) is 45.3 Å². The van der Waals surface area contributed by atoms with Gasteiger partial charge < -0.3 is 64.5 Å². The van der Waals surface area contributed by atoms with E-state index < -0.39 is 80.2 Å². The summed E-state index contributed by atoms with van der Waals surface area (Å²) in [6, 6.07) is 0. The fourth-order valence-corrected chi connectivity index (χ4v) is 13.7. The number of hydrogen-bond acceptors (Lipinski definition) is 13. The quantitative estimate of drug-likeness (QED) is 0.138. The van der Waals surface area contributed by atoms with Crippen molar-refractivity contribution in [3.8, 4) is 0 Å². The molecule has 8 unspecified atom stereocenters. The van der Waals surface area contributed by atoms with Gasteiger partial charge in [-0.2, -0.15) is 0 Å². The Labute approximate surface area is 326 Å². The molecule has 0 aromatic carbocycles. The van der Waals surface area contributed by atoms with Crippen LogP contribution in [0.1, 0.15) is 107 Å². The Hall–Kier alpha value is -0.780. The summed E-state index contributed by atoms with van der Waals surface area (Å²) in [5.74, 6) is 0.866. The molecule has 7 fully saturated rings. The number of allylic oxidation sites excluding steroid dienone is 1. The zero-order valence-electron chi connectivity index (χ0n) is 34.1. The van der Waals surface area contributed by atoms with Crippen molar-refractivity contribution in [2.75, 3.05) is 13.2 Å². The normalized spacial score (nSPS) is 56.1. The summed E-state index contributed by atoms with van der Waals surface area (Å²) >= 11 is 0. The first-order chi connectivity index (χ1) is 25.7. The highest BCUT2D eigenvalue weighted by molar-refractivity contribution is 5.22. The maximum atomic E-state index is 11.0. The third kappa shape index (κ3) is 6.44. The predicted octanol–water partition coefficient (Wildman–Crippen LogP) is 2.17. The molecule has 13 nitrogen and oxygen atoms in total. The van der Waals surface area contributed by atoms with Crippen LogP contribution in [-0.2, 0) is 23.7 Å². The molecule has 0 radical (unpaired) electrons. The van der Waals surface area contributed by atoms with E-state index in [0.29, 0.717) is 18.8 Å². The van der Waals surface area contributed by atoms with Gasteiger partial charge in [0.2, 0.25) is 0 Å². The fraction of sp³-hybridized carbons (Fsp3) is 0.952. The Morgan fingerprint density at radius 1 is 0.655 bits per heavy atom. The van der Waals surface area contributed by atoms with Crippen molar-refractivity contribution in [1.29, 1.82) is 0 Å². The standard InChI is InChI=1S/C42H70O13/c1-20(2)15-21-16-23(52-36-34(49)32(47)30(45)25(18-43)53-36)22-9-11-41(7)29(22)24(51-21)17-28-39(5)13-14-42(8,38(3,4)27(39)10-12-40(28,41)6)55-37-35(50)33(48)31(46)26(19-44)54-37/h15,21-37,43-50H,9-14,16-19H2,1-8H3/t21?,22?,23?,24?,25-,26-,27?,28?,29?,30-,31-,32-,33-,34-,35-,36-,37+,39+,40-,41?,42+/m1/s1. The third-order valence-electron chi connectivity index (χ3n) is 17.2. The van der Waals surface area contributed by atoms with Crippen molar-refractivity contribution in [3.63, 3.8) is 0 Å². The number of ether oxygens (including phenoxy) is 5. The van der Waals surface area contributed by atoms with E-state index in [1.165, 1.54) is 0 Å². The second kappa shape index (κ2) is 14.7. The van der Waals surface area contributed by atoms with Crippen LogP contribution in [0.25, 0.3) is 0 Å². The molecular formula is C42H70O13. The SMILES string of the molecule is CC(C)=CC1CC(O[C@@H]2O[C@H](CO)[C@@H](O)[C@@H](O)[C@H]2O)C2CCC3(C)C2C(CC2[C@@]4(C)CC[C@](C)(O[C@@H]5O[C@H](CO)[C@@H](O)[C@@H](O)[C@H]5O)C(C)(C)C4CC[C@]23C)O1. The molecule has 0 spiro atoms. The lowest BCUT2D eigenvalue weighted by atomic mass is 9.34. The number of fused-ring (bicyclic) bond motifs is 4. The molecule has 316 valence electrons. The van der Waals surface area contributed by atoms with Gasteiger partial charge in [-0.15, -0.1) is 0 Å². The van der Waals surface area contributed by atoms with Gasteiger partial charge in [-0.25, -0.2) is 0 Å². The third-order valence-corrected chi connectivity index (χ3v) is 17.2. The van der Waals surface area contributed by atoms with Gasteiger partial charge in [0.1, 0.15) is 48.8 Å². The van der Waals surface area contributed by atoms with E-state index in [2.05, 4.69) is 61.5 Å². The molecule has 21 atom stereocenters. The van der Waals surface area contributed by atoms with E-state index in [9.17, 15) is 40.9 Å².